The molecule has 0 unspecified atom stereocenters. The van der Waals surface area contributed by atoms with Crippen LogP contribution in [0.5, 0.6) is 0 Å². The number of imidazole rings is 1. The van der Waals surface area contributed by atoms with Crippen molar-refractivity contribution in [1.29, 1.82) is 0 Å². The van der Waals surface area contributed by atoms with Gasteiger partial charge in [0.1, 0.15) is 28.9 Å². The van der Waals surface area contributed by atoms with Crippen LogP contribution in [0.1, 0.15) is 5.56 Å². The Balaban J connectivity index is 1.46. The summed E-state index contributed by atoms with van der Waals surface area (Å²) in [7, 11) is -3.46. The molecule has 0 saturated heterocycles. The van der Waals surface area contributed by atoms with Gasteiger partial charge >= 0.3 is 0 Å². The van der Waals surface area contributed by atoms with Gasteiger partial charge in [0.15, 0.2) is 11.6 Å². The van der Waals surface area contributed by atoms with Gasteiger partial charge < -0.3 is 4.98 Å². The van der Waals surface area contributed by atoms with Gasteiger partial charge in [0.2, 0.25) is 10.0 Å². The SMILES string of the molecule is CS(=O)(=O)NCc1cc(F)cc(-c2nccc3[nH]c(-c4[nH]nc5c(F)cc(-c6cncnc6)cc45)nc23)c1. The number of benzene rings is 2. The fourth-order valence-corrected chi connectivity index (χ4v) is 4.67. The van der Waals surface area contributed by atoms with E-state index in [0.29, 0.717) is 55.9 Å². The number of rotatable bonds is 6. The van der Waals surface area contributed by atoms with Crippen molar-refractivity contribution in [2.45, 2.75) is 6.54 Å². The topological polar surface area (TPSA) is 142 Å². The Labute approximate surface area is 214 Å². The van der Waals surface area contributed by atoms with Gasteiger partial charge in [-0.3, -0.25) is 10.1 Å². The van der Waals surface area contributed by atoms with Crippen molar-refractivity contribution in [3.63, 3.8) is 0 Å². The second kappa shape index (κ2) is 9.04. The summed E-state index contributed by atoms with van der Waals surface area (Å²) in [5.74, 6) is -0.680. The number of hydrogen-bond donors (Lipinski definition) is 3. The Morgan fingerprint density at radius 2 is 1.79 bits per heavy atom. The number of nitrogens with one attached hydrogen (secondary N) is 3. The number of pyridine rings is 1. The fraction of sp³-hybridized carbons (Fsp3) is 0.0800. The van der Waals surface area contributed by atoms with Gasteiger partial charge in [-0.05, 0) is 47.5 Å². The van der Waals surface area contributed by atoms with Gasteiger partial charge in [0.25, 0.3) is 0 Å². The molecule has 13 heteroatoms. The predicted octanol–water partition coefficient (Wildman–Crippen LogP) is 3.95. The maximum atomic E-state index is 14.9. The van der Waals surface area contributed by atoms with E-state index in [0.717, 1.165) is 6.26 Å². The zero-order chi connectivity index (χ0) is 26.4. The molecule has 0 saturated carbocycles. The summed E-state index contributed by atoms with van der Waals surface area (Å²) in [5, 5.41) is 7.49. The number of halogens is 2. The average molecular weight is 533 g/mol. The third-order valence-electron chi connectivity index (χ3n) is 5.91. The quantitative estimate of drug-likeness (QED) is 0.295. The van der Waals surface area contributed by atoms with Gasteiger partial charge in [0.05, 0.1) is 17.5 Å². The molecule has 0 aliphatic carbocycles. The van der Waals surface area contributed by atoms with Crippen molar-refractivity contribution in [3.8, 4) is 33.9 Å². The normalized spacial score (nSPS) is 12.0. The maximum absolute atomic E-state index is 14.9. The average Bonchev–Trinajstić information content (AvgIpc) is 3.51. The molecule has 0 radical (unpaired) electrons. The highest BCUT2D eigenvalue weighted by atomic mass is 32.2. The molecular weight excluding hydrogens is 514 g/mol. The van der Waals surface area contributed by atoms with E-state index in [9.17, 15) is 17.2 Å². The molecule has 0 aliphatic rings. The number of sulfonamides is 1. The molecule has 4 heterocycles. The summed E-state index contributed by atoms with van der Waals surface area (Å²) in [6.45, 7) is -0.0775. The number of aromatic nitrogens is 7. The lowest BCUT2D eigenvalue weighted by atomic mass is 10.1. The minimum absolute atomic E-state index is 0.0775. The Bertz CT molecular complexity index is 1940. The minimum Gasteiger partial charge on any atom is -0.337 e. The Kier molecular flexibility index (Phi) is 5.65. The van der Waals surface area contributed by atoms with Gasteiger partial charge in [-0.15, -0.1) is 0 Å². The van der Waals surface area contributed by atoms with Crippen LogP contribution in [0, 0.1) is 11.6 Å². The number of aromatic amines is 2. The summed E-state index contributed by atoms with van der Waals surface area (Å²) in [4.78, 5) is 20.3. The van der Waals surface area contributed by atoms with Crippen molar-refractivity contribution in [3.05, 3.63) is 78.5 Å². The van der Waals surface area contributed by atoms with Crippen molar-refractivity contribution < 1.29 is 17.2 Å². The summed E-state index contributed by atoms with van der Waals surface area (Å²) < 4.78 is 54.7. The van der Waals surface area contributed by atoms with E-state index < -0.39 is 21.7 Å². The number of hydrogen-bond acceptors (Lipinski definition) is 7. The van der Waals surface area contributed by atoms with Crippen LogP contribution in [0.15, 0.2) is 61.3 Å². The van der Waals surface area contributed by atoms with Crippen LogP contribution in [0.25, 0.3) is 55.8 Å². The Morgan fingerprint density at radius 3 is 2.58 bits per heavy atom. The zero-order valence-corrected chi connectivity index (χ0v) is 20.5. The molecular formula is C25H18F2N8O2S. The molecule has 10 nitrogen and oxygen atoms in total. The first kappa shape index (κ1) is 23.8. The molecule has 0 aliphatic heterocycles. The smallest absolute Gasteiger partial charge is 0.209 e. The Hall–Kier alpha value is -4.62. The van der Waals surface area contributed by atoms with E-state index in [-0.39, 0.29) is 12.1 Å². The molecule has 190 valence electrons. The molecule has 0 bridgehead atoms. The van der Waals surface area contributed by atoms with Crippen molar-refractivity contribution >= 4 is 32.0 Å². The van der Waals surface area contributed by atoms with Crippen LogP contribution >= 0.6 is 0 Å². The molecule has 0 fully saturated rings. The first-order valence-electron chi connectivity index (χ1n) is 11.3. The van der Waals surface area contributed by atoms with Crippen LogP contribution in [0.2, 0.25) is 0 Å². The van der Waals surface area contributed by atoms with Gasteiger partial charge in [0, 0.05) is 41.6 Å². The van der Waals surface area contributed by atoms with Gasteiger partial charge in [-0.1, -0.05) is 0 Å². The number of nitrogens with zero attached hydrogens (tertiary/aromatic N) is 5. The third-order valence-corrected chi connectivity index (χ3v) is 6.58. The van der Waals surface area contributed by atoms with E-state index in [4.69, 9.17) is 0 Å². The lowest BCUT2D eigenvalue weighted by molar-refractivity contribution is 0.586. The molecule has 38 heavy (non-hydrogen) atoms. The lowest BCUT2D eigenvalue weighted by Gasteiger charge is -2.07. The minimum atomic E-state index is -3.46. The summed E-state index contributed by atoms with van der Waals surface area (Å²) in [5.41, 5.74) is 4.12. The predicted molar refractivity (Wildman–Crippen MR) is 137 cm³/mol. The molecule has 4 aromatic heterocycles. The highest BCUT2D eigenvalue weighted by Gasteiger charge is 2.19. The first-order chi connectivity index (χ1) is 18.2. The largest absolute Gasteiger partial charge is 0.337 e. The second-order valence-corrected chi connectivity index (χ2v) is 10.5. The van der Waals surface area contributed by atoms with Crippen molar-refractivity contribution in [2.24, 2.45) is 0 Å². The van der Waals surface area contributed by atoms with Crippen LogP contribution in [-0.4, -0.2) is 49.8 Å². The van der Waals surface area contributed by atoms with Gasteiger partial charge in [-0.25, -0.2) is 36.9 Å². The molecule has 6 rings (SSSR count). The van der Waals surface area contributed by atoms with Crippen LogP contribution < -0.4 is 4.72 Å². The molecule has 0 spiro atoms. The van der Waals surface area contributed by atoms with Crippen LogP contribution in [0.4, 0.5) is 8.78 Å². The monoisotopic (exact) mass is 532 g/mol. The highest BCUT2D eigenvalue weighted by molar-refractivity contribution is 7.88. The van der Waals surface area contributed by atoms with Gasteiger partial charge in [-0.2, -0.15) is 5.10 Å². The molecule has 3 N–H and O–H groups in total. The highest BCUT2D eigenvalue weighted by Crippen LogP contribution is 2.33. The van der Waals surface area contributed by atoms with Crippen LogP contribution in [-0.2, 0) is 16.6 Å². The van der Waals surface area contributed by atoms with E-state index in [2.05, 4.69) is 39.8 Å². The summed E-state index contributed by atoms with van der Waals surface area (Å²) >= 11 is 0. The van der Waals surface area contributed by atoms with Crippen LogP contribution in [0.3, 0.4) is 0 Å². The second-order valence-electron chi connectivity index (χ2n) is 8.66. The summed E-state index contributed by atoms with van der Waals surface area (Å²) in [6, 6.07) is 9.05. The van der Waals surface area contributed by atoms with Crippen molar-refractivity contribution in [2.75, 3.05) is 6.26 Å². The number of H-pyrrole nitrogens is 2. The molecule has 2 aromatic carbocycles. The van der Waals surface area contributed by atoms with E-state index in [1.165, 1.54) is 24.5 Å². The van der Waals surface area contributed by atoms with E-state index in [1.807, 2.05) is 0 Å². The van der Waals surface area contributed by atoms with E-state index in [1.54, 1.807) is 36.8 Å². The Morgan fingerprint density at radius 1 is 0.974 bits per heavy atom. The summed E-state index contributed by atoms with van der Waals surface area (Å²) in [6.07, 6.45) is 7.15. The first-order valence-corrected chi connectivity index (χ1v) is 13.2. The maximum Gasteiger partial charge on any atom is 0.209 e. The molecule has 0 atom stereocenters. The molecule has 6 aromatic rings. The zero-order valence-electron chi connectivity index (χ0n) is 19.7. The third kappa shape index (κ3) is 4.48. The fourth-order valence-electron chi connectivity index (χ4n) is 4.24. The molecule has 0 amide bonds. The number of fused-ring (bicyclic) bond motifs is 2. The standard InChI is InChI=1S/C25H18F2N8O2S/c1-38(36,37)31-9-13-4-15(6-17(26)5-13)21-24-20(2-3-30-21)32-25(33-24)23-18-7-14(16-10-28-12-29-11-16)8-19(27)22(18)34-35-23/h2-8,10-12,31H,9H2,1H3,(H,32,33)(H,34,35). The van der Waals surface area contributed by atoms with E-state index >= 15 is 0 Å². The van der Waals surface area contributed by atoms with Crippen molar-refractivity contribution in [1.82, 2.24) is 39.8 Å². The lowest BCUT2D eigenvalue weighted by Crippen LogP contribution is -2.21.